The Labute approximate surface area is 101 Å². The fraction of sp³-hybridized carbons (Fsp3) is 0.143. The molecule has 0 aliphatic heterocycles. The molecule has 0 saturated heterocycles. The Morgan fingerprint density at radius 3 is 2.65 bits per heavy atom. The third-order valence-corrected chi connectivity index (χ3v) is 2.49. The molecule has 3 nitrogen and oxygen atoms in total. The molecule has 0 radical (unpaired) electrons. The monoisotopic (exact) mass is 223 g/mol. The van der Waals surface area contributed by atoms with Crippen molar-refractivity contribution in [1.82, 2.24) is 4.98 Å². The molecular formula is C14H13N3. The molecule has 0 saturated carbocycles. The average Bonchev–Trinajstić information content (AvgIpc) is 2.31. The van der Waals surface area contributed by atoms with Crippen molar-refractivity contribution in [3.05, 3.63) is 53.2 Å². The zero-order chi connectivity index (χ0) is 12.3. The van der Waals surface area contributed by atoms with Crippen LogP contribution in [-0.2, 0) is 0 Å². The van der Waals surface area contributed by atoms with E-state index in [9.17, 15) is 0 Å². The lowest BCUT2D eigenvalue weighted by molar-refractivity contribution is 1.19. The second-order valence-corrected chi connectivity index (χ2v) is 3.93. The zero-order valence-electron chi connectivity index (χ0n) is 9.86. The van der Waals surface area contributed by atoms with Crippen LogP contribution < -0.4 is 5.32 Å². The molecule has 0 unspecified atom stereocenters. The lowest BCUT2D eigenvalue weighted by atomic mass is 10.2. The minimum absolute atomic E-state index is 0.619. The van der Waals surface area contributed by atoms with Gasteiger partial charge in [0.25, 0.3) is 0 Å². The van der Waals surface area contributed by atoms with Gasteiger partial charge in [-0.2, -0.15) is 5.26 Å². The van der Waals surface area contributed by atoms with E-state index < -0.39 is 0 Å². The summed E-state index contributed by atoms with van der Waals surface area (Å²) < 4.78 is 0. The van der Waals surface area contributed by atoms with Gasteiger partial charge in [-0.3, -0.25) is 0 Å². The normalized spacial score (nSPS) is 9.71. The van der Waals surface area contributed by atoms with Gasteiger partial charge in [0.05, 0.1) is 11.6 Å². The highest BCUT2D eigenvalue weighted by Crippen LogP contribution is 2.19. The van der Waals surface area contributed by atoms with E-state index in [-0.39, 0.29) is 0 Å². The summed E-state index contributed by atoms with van der Waals surface area (Å²) in [5.74, 6) is 0.704. The van der Waals surface area contributed by atoms with Gasteiger partial charge in [0.15, 0.2) is 0 Å². The number of pyridine rings is 1. The predicted octanol–water partition coefficient (Wildman–Crippen LogP) is 3.31. The molecule has 1 aromatic heterocycles. The molecule has 0 atom stereocenters. The van der Waals surface area contributed by atoms with Crippen LogP contribution in [0.3, 0.4) is 0 Å². The van der Waals surface area contributed by atoms with Crippen molar-refractivity contribution in [2.24, 2.45) is 0 Å². The van der Waals surface area contributed by atoms with Crippen LogP contribution in [0, 0.1) is 25.2 Å². The van der Waals surface area contributed by atoms with Gasteiger partial charge in [-0.05, 0) is 37.6 Å². The van der Waals surface area contributed by atoms with Crippen molar-refractivity contribution in [1.29, 1.82) is 5.26 Å². The number of benzene rings is 1. The van der Waals surface area contributed by atoms with Gasteiger partial charge in [0, 0.05) is 11.4 Å². The van der Waals surface area contributed by atoms with Gasteiger partial charge in [-0.25, -0.2) is 4.98 Å². The molecule has 1 aromatic carbocycles. The fourth-order valence-corrected chi connectivity index (χ4v) is 1.65. The highest BCUT2D eigenvalue weighted by molar-refractivity contribution is 5.61. The number of hydrogen-bond acceptors (Lipinski definition) is 3. The molecule has 0 bridgehead atoms. The maximum absolute atomic E-state index is 8.90. The SMILES string of the molecule is Cc1cc(C#N)cc(Nc2ccccc2C)n1. The minimum atomic E-state index is 0.619. The van der Waals surface area contributed by atoms with Crippen molar-refractivity contribution in [2.75, 3.05) is 5.32 Å². The Morgan fingerprint density at radius 2 is 1.94 bits per heavy atom. The first-order valence-electron chi connectivity index (χ1n) is 5.40. The van der Waals surface area contributed by atoms with Crippen molar-refractivity contribution in [3.63, 3.8) is 0 Å². The van der Waals surface area contributed by atoms with Crippen LogP contribution in [0.2, 0.25) is 0 Å². The Kier molecular flexibility index (Phi) is 3.06. The summed E-state index contributed by atoms with van der Waals surface area (Å²) in [6, 6.07) is 13.6. The van der Waals surface area contributed by atoms with Crippen molar-refractivity contribution in [2.45, 2.75) is 13.8 Å². The summed E-state index contributed by atoms with van der Waals surface area (Å²) in [4.78, 5) is 4.36. The van der Waals surface area contributed by atoms with E-state index in [2.05, 4.69) is 16.4 Å². The number of anilines is 2. The summed E-state index contributed by atoms with van der Waals surface area (Å²) in [7, 11) is 0. The van der Waals surface area contributed by atoms with Gasteiger partial charge in [0.1, 0.15) is 5.82 Å². The van der Waals surface area contributed by atoms with E-state index in [0.717, 1.165) is 16.9 Å². The van der Waals surface area contributed by atoms with Crippen LogP contribution in [-0.4, -0.2) is 4.98 Å². The van der Waals surface area contributed by atoms with Crippen LogP contribution in [0.1, 0.15) is 16.8 Å². The first kappa shape index (κ1) is 11.2. The van der Waals surface area contributed by atoms with Crippen LogP contribution in [0.4, 0.5) is 11.5 Å². The van der Waals surface area contributed by atoms with Crippen molar-refractivity contribution >= 4 is 11.5 Å². The largest absolute Gasteiger partial charge is 0.340 e. The van der Waals surface area contributed by atoms with E-state index in [1.165, 1.54) is 0 Å². The number of aromatic nitrogens is 1. The van der Waals surface area contributed by atoms with Crippen LogP contribution >= 0.6 is 0 Å². The van der Waals surface area contributed by atoms with E-state index in [1.54, 1.807) is 12.1 Å². The van der Waals surface area contributed by atoms with Crippen LogP contribution in [0.25, 0.3) is 0 Å². The molecule has 2 rings (SSSR count). The van der Waals surface area contributed by atoms with Gasteiger partial charge in [-0.1, -0.05) is 18.2 Å². The number of nitrogens with zero attached hydrogens (tertiary/aromatic N) is 2. The minimum Gasteiger partial charge on any atom is -0.340 e. The predicted molar refractivity (Wildman–Crippen MR) is 68.2 cm³/mol. The lowest BCUT2D eigenvalue weighted by Crippen LogP contribution is -1.97. The molecular weight excluding hydrogens is 210 g/mol. The van der Waals surface area contributed by atoms with E-state index in [4.69, 9.17) is 5.26 Å². The summed E-state index contributed by atoms with van der Waals surface area (Å²) in [6.45, 7) is 3.91. The Balaban J connectivity index is 2.34. The van der Waals surface area contributed by atoms with Crippen molar-refractivity contribution in [3.8, 4) is 6.07 Å². The molecule has 0 fully saturated rings. The number of aryl methyl sites for hydroxylation is 2. The highest BCUT2D eigenvalue weighted by Gasteiger charge is 2.02. The Hall–Kier alpha value is -2.34. The second kappa shape index (κ2) is 4.67. The first-order chi connectivity index (χ1) is 8.19. The third-order valence-electron chi connectivity index (χ3n) is 2.49. The molecule has 2 aromatic rings. The zero-order valence-corrected chi connectivity index (χ0v) is 9.86. The van der Waals surface area contributed by atoms with Gasteiger partial charge in [-0.15, -0.1) is 0 Å². The molecule has 0 amide bonds. The summed E-state index contributed by atoms with van der Waals surface area (Å²) in [5, 5.41) is 12.1. The average molecular weight is 223 g/mol. The van der Waals surface area contributed by atoms with E-state index in [1.807, 2.05) is 38.1 Å². The third kappa shape index (κ3) is 2.61. The number of nitriles is 1. The molecule has 84 valence electrons. The maximum atomic E-state index is 8.90. The topological polar surface area (TPSA) is 48.7 Å². The second-order valence-electron chi connectivity index (χ2n) is 3.93. The number of rotatable bonds is 2. The van der Waals surface area contributed by atoms with E-state index >= 15 is 0 Å². The quantitative estimate of drug-likeness (QED) is 0.849. The molecule has 3 heteroatoms. The first-order valence-corrected chi connectivity index (χ1v) is 5.40. The van der Waals surface area contributed by atoms with Gasteiger partial charge in [0.2, 0.25) is 0 Å². The van der Waals surface area contributed by atoms with Crippen molar-refractivity contribution < 1.29 is 0 Å². The highest BCUT2D eigenvalue weighted by atomic mass is 15.0. The Bertz CT molecular complexity index is 582. The molecule has 1 N–H and O–H groups in total. The summed E-state index contributed by atoms with van der Waals surface area (Å²) >= 11 is 0. The standard InChI is InChI=1S/C14H13N3/c1-10-5-3-4-6-13(10)17-14-8-12(9-15)7-11(2)16-14/h3-8H,1-2H3,(H,16,17). The van der Waals surface area contributed by atoms with Crippen LogP contribution in [0.15, 0.2) is 36.4 Å². The molecule has 1 heterocycles. The maximum Gasteiger partial charge on any atom is 0.131 e. The molecule has 17 heavy (non-hydrogen) atoms. The van der Waals surface area contributed by atoms with Gasteiger partial charge < -0.3 is 5.32 Å². The van der Waals surface area contributed by atoms with Crippen LogP contribution in [0.5, 0.6) is 0 Å². The van der Waals surface area contributed by atoms with Gasteiger partial charge >= 0.3 is 0 Å². The summed E-state index contributed by atoms with van der Waals surface area (Å²) in [6.07, 6.45) is 0. The number of nitrogens with one attached hydrogen (secondary N) is 1. The molecule has 0 aliphatic rings. The van der Waals surface area contributed by atoms with E-state index in [0.29, 0.717) is 11.4 Å². The number of para-hydroxylation sites is 1. The Morgan fingerprint density at radius 1 is 1.18 bits per heavy atom. The smallest absolute Gasteiger partial charge is 0.131 e. The summed E-state index contributed by atoms with van der Waals surface area (Å²) in [5.41, 5.74) is 3.61. The lowest BCUT2D eigenvalue weighted by Gasteiger charge is -2.09. The molecule has 0 spiro atoms. The molecule has 0 aliphatic carbocycles. The fourth-order valence-electron chi connectivity index (χ4n) is 1.65. The number of hydrogen-bond donors (Lipinski definition) is 1.